The summed E-state index contributed by atoms with van der Waals surface area (Å²) >= 11 is 2.99. The molecule has 15 heavy (non-hydrogen) atoms. The highest BCUT2D eigenvalue weighted by Crippen LogP contribution is 2.22. The van der Waals surface area contributed by atoms with E-state index in [9.17, 15) is 18.0 Å². The van der Waals surface area contributed by atoms with Crippen molar-refractivity contribution in [3.05, 3.63) is 22.4 Å². The number of ether oxygens (including phenoxy) is 1. The molecular weight excluding hydrogens is 279 g/mol. The number of carbonyl (C=O) groups excluding carboxylic acids is 1. The van der Waals surface area contributed by atoms with E-state index >= 15 is 0 Å². The van der Waals surface area contributed by atoms with E-state index in [2.05, 4.69) is 20.7 Å². The van der Waals surface area contributed by atoms with Gasteiger partial charge in [-0.2, -0.15) is 13.2 Å². The van der Waals surface area contributed by atoms with Gasteiger partial charge in [-0.25, -0.2) is 4.79 Å². The second-order valence-electron chi connectivity index (χ2n) is 2.78. The molecule has 0 saturated carbocycles. The molecule has 0 saturated heterocycles. The molecule has 0 aromatic carbocycles. The molecule has 1 rings (SSSR count). The lowest BCUT2D eigenvalue weighted by molar-refractivity contribution is -0.140. The Kier molecular flexibility index (Phi) is 3.43. The Balaban J connectivity index is 3.01. The third kappa shape index (κ3) is 3.26. The number of aromatic nitrogens is 1. The maximum Gasteiger partial charge on any atom is 0.406 e. The van der Waals surface area contributed by atoms with Crippen molar-refractivity contribution in [2.75, 3.05) is 7.11 Å². The van der Waals surface area contributed by atoms with Crippen LogP contribution in [0.25, 0.3) is 0 Å². The Morgan fingerprint density at radius 3 is 2.67 bits per heavy atom. The van der Waals surface area contributed by atoms with Gasteiger partial charge in [0.15, 0.2) is 0 Å². The summed E-state index contributed by atoms with van der Waals surface area (Å²) in [6.45, 7) is -1.22. The third-order valence-electron chi connectivity index (χ3n) is 1.61. The highest BCUT2D eigenvalue weighted by atomic mass is 79.9. The molecule has 0 aliphatic rings. The van der Waals surface area contributed by atoms with Crippen molar-refractivity contribution in [1.82, 2.24) is 4.57 Å². The second-order valence-corrected chi connectivity index (χ2v) is 3.69. The Morgan fingerprint density at radius 1 is 1.60 bits per heavy atom. The fraction of sp³-hybridized carbons (Fsp3) is 0.375. The third-order valence-corrected chi connectivity index (χ3v) is 2.04. The first-order valence-electron chi connectivity index (χ1n) is 3.84. The van der Waals surface area contributed by atoms with Crippen molar-refractivity contribution < 1.29 is 22.7 Å². The van der Waals surface area contributed by atoms with Crippen molar-refractivity contribution in [3.8, 4) is 0 Å². The van der Waals surface area contributed by atoms with Crippen molar-refractivity contribution in [2.45, 2.75) is 12.7 Å². The standard InChI is InChI=1S/C8H7BrF3NO2/c1-15-7(14)6-2-5(9)3-13(6)4-8(10,11)12/h2-3H,4H2,1H3. The minimum Gasteiger partial charge on any atom is -0.464 e. The molecule has 0 aliphatic carbocycles. The number of methoxy groups -OCH3 is 1. The molecule has 1 aromatic heterocycles. The monoisotopic (exact) mass is 285 g/mol. The summed E-state index contributed by atoms with van der Waals surface area (Å²) in [4.78, 5) is 11.1. The van der Waals surface area contributed by atoms with Crippen LogP contribution in [0.15, 0.2) is 16.7 Å². The van der Waals surface area contributed by atoms with Gasteiger partial charge in [-0.3, -0.25) is 0 Å². The summed E-state index contributed by atoms with van der Waals surface area (Å²) in [5, 5.41) is 0. The Morgan fingerprint density at radius 2 is 2.20 bits per heavy atom. The maximum absolute atomic E-state index is 12.1. The Labute approximate surface area is 91.9 Å². The van der Waals surface area contributed by atoms with E-state index in [1.54, 1.807) is 0 Å². The number of rotatable bonds is 2. The largest absolute Gasteiger partial charge is 0.464 e. The van der Waals surface area contributed by atoms with Gasteiger partial charge in [0.1, 0.15) is 12.2 Å². The number of carbonyl (C=O) groups is 1. The zero-order valence-electron chi connectivity index (χ0n) is 7.64. The molecule has 0 bridgehead atoms. The SMILES string of the molecule is COC(=O)c1cc(Br)cn1CC(F)(F)F. The molecule has 0 spiro atoms. The summed E-state index contributed by atoms with van der Waals surface area (Å²) < 4.78 is 41.9. The lowest BCUT2D eigenvalue weighted by atomic mass is 10.4. The van der Waals surface area contributed by atoms with E-state index in [1.807, 2.05) is 0 Å². The minimum atomic E-state index is -4.37. The first-order chi connectivity index (χ1) is 6.83. The summed E-state index contributed by atoms with van der Waals surface area (Å²) in [6.07, 6.45) is -3.19. The van der Waals surface area contributed by atoms with E-state index in [1.165, 1.54) is 12.3 Å². The van der Waals surface area contributed by atoms with Crippen molar-refractivity contribution in [3.63, 3.8) is 0 Å². The molecule has 7 heteroatoms. The number of nitrogens with zero attached hydrogens (tertiary/aromatic N) is 1. The van der Waals surface area contributed by atoms with Gasteiger partial charge in [-0.15, -0.1) is 0 Å². The zero-order valence-corrected chi connectivity index (χ0v) is 9.22. The van der Waals surface area contributed by atoms with Gasteiger partial charge >= 0.3 is 12.1 Å². The predicted octanol–water partition coefficient (Wildman–Crippen LogP) is 2.60. The van der Waals surface area contributed by atoms with Crippen LogP contribution in [0.5, 0.6) is 0 Å². The summed E-state index contributed by atoms with van der Waals surface area (Å²) in [6, 6.07) is 1.28. The lowest BCUT2D eigenvalue weighted by Crippen LogP contribution is -2.20. The van der Waals surface area contributed by atoms with Crippen molar-refractivity contribution in [2.24, 2.45) is 0 Å². The Hall–Kier alpha value is -0.980. The van der Waals surface area contributed by atoms with E-state index in [4.69, 9.17) is 0 Å². The van der Waals surface area contributed by atoms with Gasteiger partial charge in [-0.1, -0.05) is 0 Å². The zero-order chi connectivity index (χ0) is 11.6. The van der Waals surface area contributed by atoms with Gasteiger partial charge < -0.3 is 9.30 Å². The molecule has 0 unspecified atom stereocenters. The summed E-state index contributed by atoms with van der Waals surface area (Å²) in [7, 11) is 1.11. The molecule has 0 atom stereocenters. The maximum atomic E-state index is 12.1. The van der Waals surface area contributed by atoms with E-state index in [0.29, 0.717) is 4.47 Å². The second kappa shape index (κ2) is 4.26. The molecule has 0 fully saturated rings. The molecule has 3 nitrogen and oxygen atoms in total. The quantitative estimate of drug-likeness (QED) is 0.782. The number of hydrogen-bond donors (Lipinski definition) is 0. The fourth-order valence-electron chi connectivity index (χ4n) is 1.07. The lowest BCUT2D eigenvalue weighted by Gasteiger charge is -2.10. The van der Waals surface area contributed by atoms with Crippen LogP contribution in [0.3, 0.4) is 0 Å². The van der Waals surface area contributed by atoms with Crippen LogP contribution < -0.4 is 0 Å². The van der Waals surface area contributed by atoms with Gasteiger partial charge in [0.05, 0.1) is 7.11 Å². The predicted molar refractivity (Wildman–Crippen MR) is 49.5 cm³/mol. The number of halogens is 4. The molecule has 0 aliphatic heterocycles. The van der Waals surface area contributed by atoms with Crippen molar-refractivity contribution >= 4 is 21.9 Å². The molecule has 0 N–H and O–H groups in total. The fourth-order valence-corrected chi connectivity index (χ4v) is 1.54. The molecule has 0 amide bonds. The van der Waals surface area contributed by atoms with E-state index in [0.717, 1.165) is 11.7 Å². The minimum absolute atomic E-state index is 0.137. The van der Waals surface area contributed by atoms with Gasteiger partial charge in [-0.05, 0) is 22.0 Å². The highest BCUT2D eigenvalue weighted by molar-refractivity contribution is 9.10. The van der Waals surface area contributed by atoms with Crippen molar-refractivity contribution in [1.29, 1.82) is 0 Å². The topological polar surface area (TPSA) is 31.2 Å². The first kappa shape index (κ1) is 12.1. The van der Waals surface area contributed by atoms with Crippen LogP contribution >= 0.6 is 15.9 Å². The van der Waals surface area contributed by atoms with Gasteiger partial charge in [0, 0.05) is 10.7 Å². The summed E-state index contributed by atoms with van der Waals surface area (Å²) in [5.74, 6) is -0.801. The van der Waals surface area contributed by atoms with Crippen LogP contribution in [0.1, 0.15) is 10.5 Å². The smallest absolute Gasteiger partial charge is 0.406 e. The average molecular weight is 286 g/mol. The Bertz CT molecular complexity index is 372. The number of esters is 1. The van der Waals surface area contributed by atoms with Crippen LogP contribution in [-0.2, 0) is 11.3 Å². The van der Waals surface area contributed by atoms with Gasteiger partial charge in [0.2, 0.25) is 0 Å². The molecule has 1 aromatic rings. The molecule has 0 radical (unpaired) electrons. The molecular formula is C8H7BrF3NO2. The van der Waals surface area contributed by atoms with E-state index in [-0.39, 0.29) is 5.69 Å². The van der Waals surface area contributed by atoms with Gasteiger partial charge in [0.25, 0.3) is 0 Å². The van der Waals surface area contributed by atoms with Crippen LogP contribution in [0.2, 0.25) is 0 Å². The van der Waals surface area contributed by atoms with Crippen LogP contribution in [0.4, 0.5) is 13.2 Å². The first-order valence-corrected chi connectivity index (χ1v) is 4.63. The molecule has 84 valence electrons. The highest BCUT2D eigenvalue weighted by Gasteiger charge is 2.30. The average Bonchev–Trinajstić information content (AvgIpc) is 2.42. The molecule has 1 heterocycles. The van der Waals surface area contributed by atoms with E-state index < -0.39 is 18.7 Å². The number of alkyl halides is 3. The summed E-state index contributed by atoms with van der Waals surface area (Å²) in [5.41, 5.74) is -0.137. The normalized spacial score (nSPS) is 11.5. The van der Waals surface area contributed by atoms with Crippen LogP contribution in [0, 0.1) is 0 Å². The number of hydrogen-bond acceptors (Lipinski definition) is 2. The van der Waals surface area contributed by atoms with Crippen LogP contribution in [-0.4, -0.2) is 23.8 Å².